The van der Waals surface area contributed by atoms with Crippen LogP contribution in [-0.4, -0.2) is 29.0 Å². The summed E-state index contributed by atoms with van der Waals surface area (Å²) >= 11 is 1.23. The van der Waals surface area contributed by atoms with Gasteiger partial charge in [-0.25, -0.2) is 0 Å². The molecular formula is C20H21N3O3S. The molecule has 0 radical (unpaired) electrons. The molecule has 0 aliphatic carbocycles. The van der Waals surface area contributed by atoms with Crippen LogP contribution in [0.5, 0.6) is 5.75 Å². The summed E-state index contributed by atoms with van der Waals surface area (Å²) in [4.78, 5) is 12.0. The number of aryl methyl sites for hydroxylation is 1. The van der Waals surface area contributed by atoms with Crippen molar-refractivity contribution >= 4 is 17.7 Å². The van der Waals surface area contributed by atoms with Gasteiger partial charge >= 0.3 is 0 Å². The minimum Gasteiger partial charge on any atom is -0.497 e. The van der Waals surface area contributed by atoms with Crippen molar-refractivity contribution in [2.75, 3.05) is 12.9 Å². The maximum atomic E-state index is 12.0. The SMILES string of the molecule is COc1ccc(Cc2nnc(SCC(=O)NCc3ccccc3C)o2)cc1. The summed E-state index contributed by atoms with van der Waals surface area (Å²) in [5.74, 6) is 1.48. The van der Waals surface area contributed by atoms with E-state index in [4.69, 9.17) is 9.15 Å². The van der Waals surface area contributed by atoms with Gasteiger partial charge in [0.1, 0.15) is 5.75 Å². The Kier molecular flexibility index (Phi) is 6.49. The first-order valence-corrected chi connectivity index (χ1v) is 9.52. The number of thioether (sulfide) groups is 1. The van der Waals surface area contributed by atoms with Crippen LogP contribution in [-0.2, 0) is 17.8 Å². The number of amides is 1. The minimum absolute atomic E-state index is 0.0712. The molecule has 0 spiro atoms. The van der Waals surface area contributed by atoms with E-state index in [0.29, 0.717) is 24.1 Å². The lowest BCUT2D eigenvalue weighted by molar-refractivity contribution is -0.118. The first-order valence-electron chi connectivity index (χ1n) is 8.53. The summed E-state index contributed by atoms with van der Waals surface area (Å²) in [6.45, 7) is 2.54. The molecule has 27 heavy (non-hydrogen) atoms. The fourth-order valence-corrected chi connectivity index (χ4v) is 3.08. The van der Waals surface area contributed by atoms with Crippen molar-refractivity contribution in [2.45, 2.75) is 25.1 Å². The molecule has 1 N–H and O–H groups in total. The van der Waals surface area contributed by atoms with E-state index >= 15 is 0 Å². The Morgan fingerprint density at radius 1 is 1.15 bits per heavy atom. The van der Waals surface area contributed by atoms with Gasteiger partial charge in [-0.3, -0.25) is 4.79 Å². The highest BCUT2D eigenvalue weighted by Crippen LogP contribution is 2.19. The van der Waals surface area contributed by atoms with E-state index in [9.17, 15) is 4.79 Å². The Balaban J connectivity index is 1.46. The second-order valence-corrected chi connectivity index (χ2v) is 6.91. The van der Waals surface area contributed by atoms with Crippen molar-refractivity contribution in [2.24, 2.45) is 0 Å². The average Bonchev–Trinajstić information content (AvgIpc) is 3.13. The summed E-state index contributed by atoms with van der Waals surface area (Å²) in [6, 6.07) is 15.7. The van der Waals surface area contributed by atoms with Crippen LogP contribution in [0.25, 0.3) is 0 Å². The Morgan fingerprint density at radius 3 is 2.67 bits per heavy atom. The van der Waals surface area contributed by atoms with Crippen LogP contribution < -0.4 is 10.1 Å². The smallest absolute Gasteiger partial charge is 0.277 e. The Hall–Kier alpha value is -2.80. The number of rotatable bonds is 8. The fourth-order valence-electron chi connectivity index (χ4n) is 2.47. The number of benzene rings is 2. The van der Waals surface area contributed by atoms with Crippen LogP contribution >= 0.6 is 11.8 Å². The van der Waals surface area contributed by atoms with Gasteiger partial charge < -0.3 is 14.5 Å². The maximum absolute atomic E-state index is 12.0. The van der Waals surface area contributed by atoms with Crippen LogP contribution in [0.15, 0.2) is 58.2 Å². The zero-order valence-electron chi connectivity index (χ0n) is 15.3. The van der Waals surface area contributed by atoms with E-state index in [0.717, 1.165) is 22.4 Å². The molecule has 1 amide bonds. The lowest BCUT2D eigenvalue weighted by Crippen LogP contribution is -2.24. The highest BCUT2D eigenvalue weighted by atomic mass is 32.2. The molecule has 0 unspecified atom stereocenters. The summed E-state index contributed by atoms with van der Waals surface area (Å²) in [5, 5.41) is 11.3. The second-order valence-electron chi connectivity index (χ2n) is 5.98. The monoisotopic (exact) mass is 383 g/mol. The second kappa shape index (κ2) is 9.23. The van der Waals surface area contributed by atoms with Gasteiger partial charge in [0.25, 0.3) is 5.22 Å². The van der Waals surface area contributed by atoms with E-state index in [-0.39, 0.29) is 11.7 Å². The number of aromatic nitrogens is 2. The molecule has 3 rings (SSSR count). The number of ether oxygens (including phenoxy) is 1. The number of hydrogen-bond acceptors (Lipinski definition) is 6. The lowest BCUT2D eigenvalue weighted by atomic mass is 10.1. The van der Waals surface area contributed by atoms with Crippen molar-refractivity contribution in [3.8, 4) is 5.75 Å². The summed E-state index contributed by atoms with van der Waals surface area (Å²) in [5.41, 5.74) is 3.31. The predicted octanol–water partition coefficient (Wildman–Crippen LogP) is 3.39. The van der Waals surface area contributed by atoms with Crippen molar-refractivity contribution in [3.63, 3.8) is 0 Å². The molecule has 0 aliphatic rings. The van der Waals surface area contributed by atoms with Crippen molar-refractivity contribution in [3.05, 3.63) is 71.1 Å². The molecule has 2 aromatic carbocycles. The van der Waals surface area contributed by atoms with Crippen LogP contribution in [0, 0.1) is 6.92 Å². The van der Waals surface area contributed by atoms with E-state index in [1.807, 2.05) is 55.5 Å². The molecule has 6 nitrogen and oxygen atoms in total. The van der Waals surface area contributed by atoms with Gasteiger partial charge in [0, 0.05) is 6.54 Å². The number of carbonyl (C=O) groups is 1. The van der Waals surface area contributed by atoms with Gasteiger partial charge in [0.05, 0.1) is 19.3 Å². The lowest BCUT2D eigenvalue weighted by Gasteiger charge is -2.06. The van der Waals surface area contributed by atoms with Gasteiger partial charge in [-0.05, 0) is 35.7 Å². The van der Waals surface area contributed by atoms with E-state index < -0.39 is 0 Å². The molecule has 3 aromatic rings. The average molecular weight is 383 g/mol. The molecule has 140 valence electrons. The zero-order valence-corrected chi connectivity index (χ0v) is 16.1. The molecule has 0 fully saturated rings. The summed E-state index contributed by atoms with van der Waals surface area (Å²) < 4.78 is 10.7. The molecule has 0 atom stereocenters. The van der Waals surface area contributed by atoms with Crippen molar-refractivity contribution in [1.29, 1.82) is 0 Å². The molecular weight excluding hydrogens is 362 g/mol. The molecule has 0 saturated heterocycles. The first-order chi connectivity index (χ1) is 13.1. The summed E-state index contributed by atoms with van der Waals surface area (Å²) in [7, 11) is 1.63. The summed E-state index contributed by atoms with van der Waals surface area (Å²) in [6.07, 6.45) is 0.539. The quantitative estimate of drug-likeness (QED) is 0.601. The van der Waals surface area contributed by atoms with Crippen LogP contribution in [0.4, 0.5) is 0 Å². The Labute approximate surface area is 162 Å². The topological polar surface area (TPSA) is 77.2 Å². The normalized spacial score (nSPS) is 10.6. The molecule has 0 aliphatic heterocycles. The number of methoxy groups -OCH3 is 1. The van der Waals surface area contributed by atoms with Gasteiger partial charge in [-0.2, -0.15) is 0 Å². The number of hydrogen-bond donors (Lipinski definition) is 1. The van der Waals surface area contributed by atoms with Crippen LogP contribution in [0.3, 0.4) is 0 Å². The molecule has 7 heteroatoms. The van der Waals surface area contributed by atoms with Gasteiger partial charge in [0.2, 0.25) is 11.8 Å². The van der Waals surface area contributed by atoms with E-state index in [2.05, 4.69) is 15.5 Å². The number of nitrogens with zero attached hydrogens (tertiary/aromatic N) is 2. The number of carbonyl (C=O) groups excluding carboxylic acids is 1. The first kappa shape index (κ1) is 19.0. The standard InChI is InChI=1S/C20H21N3O3S/c1-14-5-3-4-6-16(14)12-21-18(24)13-27-20-23-22-19(26-20)11-15-7-9-17(25-2)10-8-15/h3-10H,11-13H2,1-2H3,(H,21,24). The fraction of sp³-hybridized carbons (Fsp3) is 0.250. The van der Waals surface area contributed by atoms with E-state index in [1.54, 1.807) is 7.11 Å². The largest absolute Gasteiger partial charge is 0.497 e. The van der Waals surface area contributed by atoms with Crippen LogP contribution in [0.1, 0.15) is 22.6 Å². The Bertz CT molecular complexity index is 893. The van der Waals surface area contributed by atoms with Crippen LogP contribution in [0.2, 0.25) is 0 Å². The van der Waals surface area contributed by atoms with Crippen molar-refractivity contribution in [1.82, 2.24) is 15.5 Å². The molecule has 1 heterocycles. The van der Waals surface area contributed by atoms with Crippen molar-refractivity contribution < 1.29 is 13.9 Å². The number of nitrogens with one attached hydrogen (secondary N) is 1. The molecule has 1 aromatic heterocycles. The third kappa shape index (κ3) is 5.59. The third-order valence-electron chi connectivity index (χ3n) is 4.03. The predicted molar refractivity (Wildman–Crippen MR) is 104 cm³/mol. The third-order valence-corrected chi connectivity index (χ3v) is 4.85. The zero-order chi connectivity index (χ0) is 19.1. The van der Waals surface area contributed by atoms with Gasteiger partial charge in [-0.15, -0.1) is 10.2 Å². The maximum Gasteiger partial charge on any atom is 0.277 e. The highest BCUT2D eigenvalue weighted by molar-refractivity contribution is 7.99. The molecule has 0 bridgehead atoms. The van der Waals surface area contributed by atoms with Gasteiger partial charge in [-0.1, -0.05) is 48.2 Å². The highest BCUT2D eigenvalue weighted by Gasteiger charge is 2.10. The van der Waals surface area contributed by atoms with Gasteiger partial charge in [0.15, 0.2) is 0 Å². The minimum atomic E-state index is -0.0712. The van der Waals surface area contributed by atoms with E-state index in [1.165, 1.54) is 11.8 Å². The Morgan fingerprint density at radius 2 is 1.93 bits per heavy atom. The molecule has 0 saturated carbocycles.